The van der Waals surface area contributed by atoms with Crippen molar-refractivity contribution in [2.45, 2.75) is 38.5 Å². The van der Waals surface area contributed by atoms with Gasteiger partial charge in [0.2, 0.25) is 0 Å². The summed E-state index contributed by atoms with van der Waals surface area (Å²) in [4.78, 5) is 9.00. The van der Waals surface area contributed by atoms with Gasteiger partial charge in [-0.3, -0.25) is 9.88 Å². The molecule has 118 valence electrons. The number of aliphatic hydroxyl groups is 1. The van der Waals surface area contributed by atoms with Crippen LogP contribution in [-0.4, -0.2) is 65.8 Å². The van der Waals surface area contributed by atoms with Crippen LogP contribution in [0.2, 0.25) is 0 Å². The lowest BCUT2D eigenvalue weighted by Gasteiger charge is -2.26. The lowest BCUT2D eigenvalue weighted by Crippen LogP contribution is -2.37. The van der Waals surface area contributed by atoms with Crippen LogP contribution < -0.4 is 5.32 Å². The van der Waals surface area contributed by atoms with Crippen LogP contribution in [0.25, 0.3) is 0 Å². The first kappa shape index (κ1) is 16.2. The number of rotatable bonds is 7. The molecule has 1 saturated heterocycles. The molecule has 2 unspecified atom stereocenters. The molecule has 1 aliphatic rings. The summed E-state index contributed by atoms with van der Waals surface area (Å²) in [5.74, 6) is 0. The Hall–Kier alpha value is -1.17. The van der Waals surface area contributed by atoms with E-state index in [9.17, 15) is 5.11 Å². The van der Waals surface area contributed by atoms with Gasteiger partial charge in [-0.1, -0.05) is 6.92 Å². The highest BCUT2D eigenvalue weighted by Crippen LogP contribution is 2.21. The summed E-state index contributed by atoms with van der Waals surface area (Å²) in [6.45, 7) is 5.66. The molecule has 1 aromatic heterocycles. The first-order valence-electron chi connectivity index (χ1n) is 7.84. The van der Waals surface area contributed by atoms with E-state index in [1.807, 2.05) is 12.3 Å². The number of β-amino-alcohol motifs (C(OH)–C–C–N with tert-alkyl or cyclic N) is 1. The summed E-state index contributed by atoms with van der Waals surface area (Å²) >= 11 is 0. The number of aromatic nitrogens is 1. The van der Waals surface area contributed by atoms with Crippen molar-refractivity contribution in [2.75, 3.05) is 39.0 Å². The Morgan fingerprint density at radius 1 is 1.48 bits per heavy atom. The number of nitrogens with zero attached hydrogens (tertiary/aromatic N) is 3. The van der Waals surface area contributed by atoms with Gasteiger partial charge < -0.3 is 15.3 Å². The number of likely N-dealkylation sites (N-methyl/N-ethyl adjacent to an activating group) is 1. The minimum atomic E-state index is -0.212. The fourth-order valence-electron chi connectivity index (χ4n) is 2.91. The van der Waals surface area contributed by atoms with Gasteiger partial charge in [0.1, 0.15) is 0 Å². The van der Waals surface area contributed by atoms with Gasteiger partial charge in [0.15, 0.2) is 0 Å². The number of hydrogen-bond acceptors (Lipinski definition) is 5. The van der Waals surface area contributed by atoms with Crippen LogP contribution in [0.5, 0.6) is 0 Å². The largest absolute Gasteiger partial charge is 0.392 e. The van der Waals surface area contributed by atoms with Crippen molar-refractivity contribution in [3.63, 3.8) is 0 Å². The smallest absolute Gasteiger partial charge is 0.0682 e. The molecular formula is C16H28N4O. The molecule has 2 heterocycles. The van der Waals surface area contributed by atoms with Gasteiger partial charge in [-0.25, -0.2) is 0 Å². The van der Waals surface area contributed by atoms with Crippen molar-refractivity contribution < 1.29 is 5.11 Å². The molecule has 2 atom stereocenters. The molecule has 0 saturated carbocycles. The first-order valence-corrected chi connectivity index (χ1v) is 7.84. The maximum Gasteiger partial charge on any atom is 0.0682 e. The zero-order chi connectivity index (χ0) is 15.2. The third-order valence-corrected chi connectivity index (χ3v) is 3.84. The number of pyridine rings is 1. The summed E-state index contributed by atoms with van der Waals surface area (Å²) < 4.78 is 0. The van der Waals surface area contributed by atoms with Gasteiger partial charge >= 0.3 is 0 Å². The number of nitrogens with one attached hydrogen (secondary N) is 1. The predicted octanol–water partition coefficient (Wildman–Crippen LogP) is 1.40. The topological polar surface area (TPSA) is 51.6 Å². The first-order chi connectivity index (χ1) is 10.1. The van der Waals surface area contributed by atoms with Gasteiger partial charge in [0, 0.05) is 44.1 Å². The zero-order valence-electron chi connectivity index (χ0n) is 13.4. The molecule has 1 aromatic rings. The highest BCUT2D eigenvalue weighted by atomic mass is 16.3. The molecule has 0 radical (unpaired) electrons. The lowest BCUT2D eigenvalue weighted by atomic mass is 10.2. The molecule has 5 nitrogen and oxygen atoms in total. The second-order valence-electron chi connectivity index (χ2n) is 6.20. The summed E-state index contributed by atoms with van der Waals surface area (Å²) in [7, 11) is 4.16. The van der Waals surface area contributed by atoms with E-state index in [-0.39, 0.29) is 6.10 Å². The Bertz CT molecular complexity index is 438. The molecule has 0 bridgehead atoms. The summed E-state index contributed by atoms with van der Waals surface area (Å²) in [6.07, 6.45) is 3.62. The van der Waals surface area contributed by atoms with Crippen LogP contribution in [0, 0.1) is 0 Å². The molecule has 0 spiro atoms. The second kappa shape index (κ2) is 7.73. The van der Waals surface area contributed by atoms with Crippen LogP contribution in [0.1, 0.15) is 25.5 Å². The van der Waals surface area contributed by atoms with E-state index in [0.29, 0.717) is 6.04 Å². The van der Waals surface area contributed by atoms with E-state index in [1.165, 1.54) is 0 Å². The highest BCUT2D eigenvalue weighted by molar-refractivity contribution is 5.43. The number of anilines is 1. The van der Waals surface area contributed by atoms with Crippen LogP contribution in [-0.2, 0) is 6.54 Å². The van der Waals surface area contributed by atoms with Crippen molar-refractivity contribution >= 4 is 5.69 Å². The minimum absolute atomic E-state index is 0.212. The summed E-state index contributed by atoms with van der Waals surface area (Å²) in [6, 6.07) is 4.53. The highest BCUT2D eigenvalue weighted by Gasteiger charge is 2.31. The molecule has 2 N–H and O–H groups in total. The molecule has 1 fully saturated rings. The van der Waals surface area contributed by atoms with Crippen molar-refractivity contribution in [2.24, 2.45) is 0 Å². The predicted molar refractivity (Wildman–Crippen MR) is 86.4 cm³/mol. The number of aliphatic hydroxyl groups excluding tert-OH is 1. The lowest BCUT2D eigenvalue weighted by molar-refractivity contribution is 0.168. The van der Waals surface area contributed by atoms with E-state index in [4.69, 9.17) is 0 Å². The van der Waals surface area contributed by atoms with Crippen LogP contribution in [0.4, 0.5) is 5.69 Å². The fraction of sp³-hybridized carbons (Fsp3) is 0.688. The SMILES string of the molecule is CCCNc1ccnc(CN2CC(O)CC2CN(C)C)c1. The van der Waals surface area contributed by atoms with E-state index in [0.717, 1.165) is 50.4 Å². The number of hydrogen-bond donors (Lipinski definition) is 2. The molecule has 0 aromatic carbocycles. The van der Waals surface area contributed by atoms with Crippen molar-refractivity contribution in [3.8, 4) is 0 Å². The quantitative estimate of drug-likeness (QED) is 0.795. The summed E-state index contributed by atoms with van der Waals surface area (Å²) in [5, 5.41) is 13.3. The third kappa shape index (κ3) is 4.95. The maximum absolute atomic E-state index is 9.94. The van der Waals surface area contributed by atoms with E-state index in [2.05, 4.69) is 47.2 Å². The van der Waals surface area contributed by atoms with Gasteiger partial charge in [-0.05, 0) is 39.1 Å². The summed E-state index contributed by atoms with van der Waals surface area (Å²) in [5.41, 5.74) is 2.19. The van der Waals surface area contributed by atoms with E-state index < -0.39 is 0 Å². The van der Waals surface area contributed by atoms with Gasteiger partial charge in [0.25, 0.3) is 0 Å². The Morgan fingerprint density at radius 2 is 2.29 bits per heavy atom. The van der Waals surface area contributed by atoms with Gasteiger partial charge in [-0.15, -0.1) is 0 Å². The number of likely N-dealkylation sites (tertiary alicyclic amines) is 1. The van der Waals surface area contributed by atoms with Crippen LogP contribution in [0.3, 0.4) is 0 Å². The molecule has 5 heteroatoms. The van der Waals surface area contributed by atoms with Crippen molar-refractivity contribution in [1.82, 2.24) is 14.8 Å². The normalized spacial score (nSPS) is 22.9. The molecule has 21 heavy (non-hydrogen) atoms. The van der Waals surface area contributed by atoms with Crippen molar-refractivity contribution in [1.29, 1.82) is 0 Å². The molecule has 0 amide bonds. The van der Waals surface area contributed by atoms with E-state index in [1.54, 1.807) is 0 Å². The zero-order valence-corrected chi connectivity index (χ0v) is 13.4. The van der Waals surface area contributed by atoms with Crippen molar-refractivity contribution in [3.05, 3.63) is 24.0 Å². The van der Waals surface area contributed by atoms with Gasteiger partial charge in [-0.2, -0.15) is 0 Å². The Labute approximate surface area is 128 Å². The standard InChI is InChI=1S/C16H28N4O/c1-4-6-17-13-5-7-18-14(8-13)10-20-12-16(21)9-15(20)11-19(2)3/h5,7-8,15-16,21H,4,6,9-12H2,1-3H3,(H,17,18). The van der Waals surface area contributed by atoms with Crippen LogP contribution in [0.15, 0.2) is 18.3 Å². The molecule has 0 aliphatic carbocycles. The monoisotopic (exact) mass is 292 g/mol. The minimum Gasteiger partial charge on any atom is -0.392 e. The Kier molecular flexibility index (Phi) is 5.96. The van der Waals surface area contributed by atoms with Crippen LogP contribution >= 0.6 is 0 Å². The average molecular weight is 292 g/mol. The molecule has 1 aliphatic heterocycles. The molecule has 2 rings (SSSR count). The molecular weight excluding hydrogens is 264 g/mol. The van der Waals surface area contributed by atoms with E-state index >= 15 is 0 Å². The maximum atomic E-state index is 9.94. The average Bonchev–Trinajstić information content (AvgIpc) is 2.76. The Balaban J connectivity index is 1.99. The fourth-order valence-corrected chi connectivity index (χ4v) is 2.91. The second-order valence-corrected chi connectivity index (χ2v) is 6.20. The van der Waals surface area contributed by atoms with Gasteiger partial charge in [0.05, 0.1) is 11.8 Å². The third-order valence-electron chi connectivity index (χ3n) is 3.84. The Morgan fingerprint density at radius 3 is 3.00 bits per heavy atom.